The van der Waals surface area contributed by atoms with Gasteiger partial charge in [-0.1, -0.05) is 0 Å². The molecule has 2 heterocycles. The lowest BCUT2D eigenvalue weighted by Crippen LogP contribution is -2.47. The van der Waals surface area contributed by atoms with Gasteiger partial charge in [0.2, 0.25) is 11.8 Å². The maximum absolute atomic E-state index is 11.9. The first-order chi connectivity index (χ1) is 11.6. The van der Waals surface area contributed by atoms with Crippen LogP contribution in [0, 0.1) is 0 Å². The van der Waals surface area contributed by atoms with Gasteiger partial charge in [-0.15, -0.1) is 0 Å². The number of carbonyl (C=O) groups is 3. The zero-order chi connectivity index (χ0) is 17.4. The smallest absolute Gasteiger partial charge is 0.409 e. The van der Waals surface area contributed by atoms with Crippen LogP contribution in [0.25, 0.3) is 0 Å². The zero-order valence-corrected chi connectivity index (χ0v) is 14.2. The van der Waals surface area contributed by atoms with Gasteiger partial charge in [0.05, 0.1) is 12.7 Å². The van der Waals surface area contributed by atoms with Crippen molar-refractivity contribution in [3.8, 4) is 0 Å². The summed E-state index contributed by atoms with van der Waals surface area (Å²) in [5.41, 5.74) is 0. The van der Waals surface area contributed by atoms with Crippen molar-refractivity contribution in [2.24, 2.45) is 0 Å². The van der Waals surface area contributed by atoms with E-state index in [-0.39, 0.29) is 36.5 Å². The molecule has 2 rings (SSSR count). The van der Waals surface area contributed by atoms with Gasteiger partial charge in [-0.05, 0) is 32.6 Å². The summed E-state index contributed by atoms with van der Waals surface area (Å²) in [5, 5.41) is 5.59. The number of ether oxygens (including phenoxy) is 2. The highest BCUT2D eigenvalue weighted by atomic mass is 16.6. The number of likely N-dealkylation sites (tertiary alicyclic amines) is 1. The fourth-order valence-electron chi connectivity index (χ4n) is 2.94. The van der Waals surface area contributed by atoms with Crippen LogP contribution in [0.5, 0.6) is 0 Å². The van der Waals surface area contributed by atoms with Gasteiger partial charge < -0.3 is 25.0 Å². The third-order valence-corrected chi connectivity index (χ3v) is 4.26. The Bertz CT molecular complexity index is 443. The van der Waals surface area contributed by atoms with Crippen LogP contribution in [0.3, 0.4) is 0 Å². The molecule has 0 aromatic heterocycles. The Balaban J connectivity index is 1.60. The van der Waals surface area contributed by atoms with E-state index in [1.54, 1.807) is 11.8 Å². The van der Waals surface area contributed by atoms with E-state index >= 15 is 0 Å². The lowest BCUT2D eigenvalue weighted by atomic mass is 10.1. The lowest BCUT2D eigenvalue weighted by Gasteiger charge is -2.31. The molecule has 0 saturated carbocycles. The predicted octanol–water partition coefficient (Wildman–Crippen LogP) is 0.409. The number of rotatable bonds is 6. The highest BCUT2D eigenvalue weighted by Gasteiger charge is 2.25. The van der Waals surface area contributed by atoms with Gasteiger partial charge in [0.25, 0.3) is 0 Å². The molecule has 2 saturated heterocycles. The number of hydrogen-bond acceptors (Lipinski definition) is 5. The fourth-order valence-corrected chi connectivity index (χ4v) is 2.94. The van der Waals surface area contributed by atoms with Crippen molar-refractivity contribution in [3.63, 3.8) is 0 Å². The second-order valence-corrected chi connectivity index (χ2v) is 6.14. The number of carbonyl (C=O) groups excluding carboxylic acids is 3. The normalized spacial score (nSPS) is 21.4. The highest BCUT2D eigenvalue weighted by molar-refractivity contribution is 5.96. The number of hydrogen-bond donors (Lipinski definition) is 2. The molecule has 1 unspecified atom stereocenters. The Hall–Kier alpha value is -1.83. The standard InChI is InChI=1S/C16H27N3O5/c1-2-23-16(22)19-7-5-12(6-8-19)18-15(21)10-14(20)17-11-13-4-3-9-24-13/h12-13H,2-11H2,1H3,(H,17,20)(H,18,21). The van der Waals surface area contributed by atoms with Gasteiger partial charge in [-0.25, -0.2) is 4.79 Å². The predicted molar refractivity (Wildman–Crippen MR) is 86.4 cm³/mol. The average molecular weight is 341 g/mol. The van der Waals surface area contributed by atoms with Crippen LogP contribution in [0.2, 0.25) is 0 Å². The van der Waals surface area contributed by atoms with Gasteiger partial charge in [0, 0.05) is 32.3 Å². The van der Waals surface area contributed by atoms with E-state index in [1.165, 1.54) is 0 Å². The van der Waals surface area contributed by atoms with Crippen LogP contribution < -0.4 is 10.6 Å². The number of piperidine rings is 1. The van der Waals surface area contributed by atoms with Gasteiger partial charge in [0.15, 0.2) is 0 Å². The fraction of sp³-hybridized carbons (Fsp3) is 0.812. The molecule has 0 aromatic carbocycles. The third-order valence-electron chi connectivity index (χ3n) is 4.26. The van der Waals surface area contributed by atoms with E-state index in [2.05, 4.69) is 10.6 Å². The number of nitrogens with one attached hydrogen (secondary N) is 2. The summed E-state index contributed by atoms with van der Waals surface area (Å²) in [5.74, 6) is -0.568. The summed E-state index contributed by atoms with van der Waals surface area (Å²) in [6.45, 7) is 4.44. The van der Waals surface area contributed by atoms with E-state index in [1.807, 2.05) is 0 Å². The van der Waals surface area contributed by atoms with E-state index in [0.29, 0.717) is 39.1 Å². The van der Waals surface area contributed by atoms with Crippen molar-refractivity contribution in [1.29, 1.82) is 0 Å². The largest absolute Gasteiger partial charge is 0.450 e. The van der Waals surface area contributed by atoms with Gasteiger partial charge >= 0.3 is 6.09 Å². The third kappa shape index (κ3) is 5.99. The van der Waals surface area contributed by atoms with Crippen LogP contribution in [0.1, 0.15) is 39.0 Å². The van der Waals surface area contributed by atoms with Crippen molar-refractivity contribution < 1.29 is 23.9 Å². The molecule has 8 nitrogen and oxygen atoms in total. The van der Waals surface area contributed by atoms with Crippen molar-refractivity contribution >= 4 is 17.9 Å². The second-order valence-electron chi connectivity index (χ2n) is 6.14. The van der Waals surface area contributed by atoms with Crippen molar-refractivity contribution in [2.75, 3.05) is 32.8 Å². The van der Waals surface area contributed by atoms with E-state index in [0.717, 1.165) is 19.4 Å². The summed E-state index contributed by atoms with van der Waals surface area (Å²) >= 11 is 0. The van der Waals surface area contributed by atoms with E-state index in [4.69, 9.17) is 9.47 Å². The molecule has 2 aliphatic rings. The Morgan fingerprint density at radius 3 is 2.54 bits per heavy atom. The van der Waals surface area contributed by atoms with E-state index in [9.17, 15) is 14.4 Å². The minimum Gasteiger partial charge on any atom is -0.450 e. The first-order valence-electron chi connectivity index (χ1n) is 8.68. The molecule has 0 aromatic rings. The van der Waals surface area contributed by atoms with Crippen LogP contribution in [0.4, 0.5) is 4.79 Å². The Morgan fingerprint density at radius 2 is 1.92 bits per heavy atom. The maximum atomic E-state index is 11.9. The molecular formula is C16H27N3O5. The van der Waals surface area contributed by atoms with Gasteiger partial charge in [0.1, 0.15) is 6.42 Å². The van der Waals surface area contributed by atoms with Crippen molar-refractivity contribution in [3.05, 3.63) is 0 Å². The summed E-state index contributed by atoms with van der Waals surface area (Å²) in [6.07, 6.45) is 2.89. The highest BCUT2D eigenvalue weighted by Crippen LogP contribution is 2.12. The molecule has 0 spiro atoms. The molecule has 0 bridgehead atoms. The molecule has 0 aliphatic carbocycles. The summed E-state index contributed by atoms with van der Waals surface area (Å²) in [7, 11) is 0. The SMILES string of the molecule is CCOC(=O)N1CCC(NC(=O)CC(=O)NCC2CCCO2)CC1. The molecule has 2 aliphatic heterocycles. The van der Waals surface area contributed by atoms with Gasteiger partial charge in [-0.2, -0.15) is 0 Å². The van der Waals surface area contributed by atoms with Crippen molar-refractivity contribution in [2.45, 2.75) is 51.2 Å². The van der Waals surface area contributed by atoms with Gasteiger partial charge in [-0.3, -0.25) is 9.59 Å². The Morgan fingerprint density at radius 1 is 1.17 bits per heavy atom. The second kappa shape index (κ2) is 9.46. The summed E-state index contributed by atoms with van der Waals surface area (Å²) < 4.78 is 10.4. The molecular weight excluding hydrogens is 314 g/mol. The maximum Gasteiger partial charge on any atom is 0.409 e. The number of amides is 3. The van der Waals surface area contributed by atoms with Crippen LogP contribution >= 0.6 is 0 Å². The monoisotopic (exact) mass is 341 g/mol. The minimum atomic E-state index is -0.309. The van der Waals surface area contributed by atoms with Crippen LogP contribution in [-0.4, -0.2) is 67.8 Å². The molecule has 2 N–H and O–H groups in total. The molecule has 8 heteroatoms. The Labute approximate surface area is 142 Å². The minimum absolute atomic E-state index is 0.00542. The molecule has 3 amide bonds. The molecule has 24 heavy (non-hydrogen) atoms. The molecule has 2 fully saturated rings. The van der Waals surface area contributed by atoms with Crippen LogP contribution in [-0.2, 0) is 19.1 Å². The summed E-state index contributed by atoms with van der Waals surface area (Å²) in [6, 6.07) is -0.00542. The molecule has 1 atom stereocenters. The van der Waals surface area contributed by atoms with Crippen molar-refractivity contribution in [1.82, 2.24) is 15.5 Å². The van der Waals surface area contributed by atoms with E-state index < -0.39 is 0 Å². The first-order valence-corrected chi connectivity index (χ1v) is 8.68. The average Bonchev–Trinajstić information content (AvgIpc) is 3.07. The lowest BCUT2D eigenvalue weighted by molar-refractivity contribution is -0.130. The quantitative estimate of drug-likeness (QED) is 0.682. The Kier molecular flexibility index (Phi) is 7.30. The first kappa shape index (κ1) is 18.5. The topological polar surface area (TPSA) is 97.0 Å². The van der Waals surface area contributed by atoms with Crippen LogP contribution in [0.15, 0.2) is 0 Å². The molecule has 0 radical (unpaired) electrons. The summed E-state index contributed by atoms with van der Waals surface area (Å²) in [4.78, 5) is 36.9. The molecule has 136 valence electrons. The zero-order valence-electron chi connectivity index (χ0n) is 14.2. The number of nitrogens with zero attached hydrogens (tertiary/aromatic N) is 1.